The van der Waals surface area contributed by atoms with Crippen molar-refractivity contribution < 1.29 is 22.7 Å². The minimum Gasteiger partial charge on any atom is -0.406 e. The molecule has 0 saturated heterocycles. The molecule has 0 radical (unpaired) electrons. The quantitative estimate of drug-likeness (QED) is 0.291. The summed E-state index contributed by atoms with van der Waals surface area (Å²) in [6.07, 6.45) is -4.00. The fourth-order valence-electron chi connectivity index (χ4n) is 3.72. The minimum atomic E-state index is -4.74. The highest BCUT2D eigenvalue weighted by Crippen LogP contribution is 2.27. The maximum atomic E-state index is 12.5. The second kappa shape index (κ2) is 13.6. The van der Waals surface area contributed by atoms with Crippen LogP contribution in [0, 0.1) is 0 Å². The maximum absolute atomic E-state index is 12.5. The fraction of sp³-hybridized carbons (Fsp3) is 0.385. The molecule has 0 fully saturated rings. The van der Waals surface area contributed by atoms with Gasteiger partial charge < -0.3 is 19.5 Å². The van der Waals surface area contributed by atoms with Crippen molar-refractivity contribution in [2.24, 2.45) is 4.99 Å². The molecule has 0 aliphatic heterocycles. The highest BCUT2D eigenvalue weighted by molar-refractivity contribution is 7.07. The number of likely N-dealkylation sites (N-methyl/N-ethyl adjacent to an activating group) is 1. The first-order valence-electron chi connectivity index (χ1n) is 12.0. The first kappa shape index (κ1) is 28.7. The summed E-state index contributed by atoms with van der Waals surface area (Å²) in [6.45, 7) is 7.24. The molecule has 0 atom stereocenters. The van der Waals surface area contributed by atoms with E-state index in [0.29, 0.717) is 37.7 Å². The van der Waals surface area contributed by atoms with E-state index in [2.05, 4.69) is 10.1 Å². The van der Waals surface area contributed by atoms with Gasteiger partial charge in [0.1, 0.15) is 5.75 Å². The van der Waals surface area contributed by atoms with Crippen molar-refractivity contribution in [2.75, 3.05) is 26.2 Å². The monoisotopic (exact) mass is 554 g/mol. The van der Waals surface area contributed by atoms with Gasteiger partial charge in [-0.3, -0.25) is 9.79 Å². The van der Waals surface area contributed by atoms with Gasteiger partial charge in [-0.15, -0.1) is 24.5 Å². The number of hydrogen-bond acceptors (Lipinski definition) is 5. The molecule has 0 unspecified atom stereocenters. The molecule has 2 aromatic carbocycles. The highest BCUT2D eigenvalue weighted by Gasteiger charge is 2.31. The van der Waals surface area contributed by atoms with Crippen molar-refractivity contribution in [3.05, 3.63) is 69.3 Å². The van der Waals surface area contributed by atoms with E-state index < -0.39 is 6.36 Å². The Bertz CT molecular complexity index is 1200. The number of carbonyl (C=O) groups is 1. The van der Waals surface area contributed by atoms with Gasteiger partial charge in [0.2, 0.25) is 5.91 Å². The van der Waals surface area contributed by atoms with Crippen LogP contribution in [0.1, 0.15) is 25.8 Å². The molecule has 1 heterocycles. The van der Waals surface area contributed by atoms with Crippen LogP contribution in [0.25, 0.3) is 11.3 Å². The fourth-order valence-corrected chi connectivity index (χ4v) is 4.79. The van der Waals surface area contributed by atoms with Gasteiger partial charge in [-0.2, -0.15) is 0 Å². The van der Waals surface area contributed by atoms with Gasteiger partial charge in [-0.25, -0.2) is 0 Å². The lowest BCUT2D eigenvalue weighted by molar-refractivity contribution is -0.274. The number of thiazole rings is 1. The van der Waals surface area contributed by atoms with Crippen LogP contribution in [0.4, 0.5) is 13.2 Å². The Morgan fingerprint density at radius 2 is 1.78 bits per heavy atom. The Kier molecular flexibility index (Phi) is 10.6. The van der Waals surface area contributed by atoms with Gasteiger partial charge in [0.25, 0.3) is 0 Å². The number of nitrogens with zero attached hydrogens (tertiary/aromatic N) is 3. The molecule has 37 heavy (non-hydrogen) atoms. The lowest BCUT2D eigenvalue weighted by Gasteiger charge is -2.18. The van der Waals surface area contributed by atoms with E-state index in [1.165, 1.54) is 23.5 Å². The van der Waals surface area contributed by atoms with E-state index in [9.17, 15) is 18.0 Å². The second-order valence-corrected chi connectivity index (χ2v) is 9.44. The Hall–Kier alpha value is -2.82. The number of benzene rings is 2. The molecule has 0 saturated carbocycles. The van der Waals surface area contributed by atoms with Crippen LogP contribution >= 0.6 is 22.9 Å². The third kappa shape index (κ3) is 8.91. The zero-order valence-corrected chi connectivity index (χ0v) is 22.3. The van der Waals surface area contributed by atoms with Gasteiger partial charge in [0.05, 0.1) is 18.8 Å². The van der Waals surface area contributed by atoms with Gasteiger partial charge >= 0.3 is 6.36 Å². The minimum absolute atomic E-state index is 0.0636. The van der Waals surface area contributed by atoms with Crippen molar-refractivity contribution in [1.82, 2.24) is 14.8 Å². The number of amides is 1. The molecular formula is C26H30ClF3N4O2S. The summed E-state index contributed by atoms with van der Waals surface area (Å²) in [4.78, 5) is 19.5. The number of nitrogens with one attached hydrogen (secondary N) is 1. The van der Waals surface area contributed by atoms with Gasteiger partial charge in [0.15, 0.2) is 4.80 Å². The van der Waals surface area contributed by atoms with E-state index >= 15 is 0 Å². The molecule has 1 amide bonds. The van der Waals surface area contributed by atoms with Crippen LogP contribution < -0.4 is 14.9 Å². The molecule has 3 rings (SSSR count). The van der Waals surface area contributed by atoms with E-state index in [1.54, 1.807) is 17.0 Å². The average Bonchev–Trinajstić information content (AvgIpc) is 3.26. The normalized spacial score (nSPS) is 12.1. The summed E-state index contributed by atoms with van der Waals surface area (Å²) in [5.74, 6) is -0.207. The summed E-state index contributed by atoms with van der Waals surface area (Å²) < 4.78 is 43.7. The number of carbonyl (C=O) groups excluding carboxylic acids is 1. The van der Waals surface area contributed by atoms with Crippen molar-refractivity contribution >= 4 is 28.8 Å². The van der Waals surface area contributed by atoms with E-state index in [-0.39, 0.29) is 18.2 Å². The Labute approximate surface area is 223 Å². The zero-order valence-electron chi connectivity index (χ0n) is 20.7. The third-order valence-electron chi connectivity index (χ3n) is 5.62. The molecule has 0 aliphatic carbocycles. The largest absolute Gasteiger partial charge is 0.573 e. The number of halogens is 4. The van der Waals surface area contributed by atoms with E-state index in [0.717, 1.165) is 28.0 Å². The van der Waals surface area contributed by atoms with E-state index in [1.807, 2.05) is 48.1 Å². The Morgan fingerprint density at radius 3 is 2.41 bits per heavy atom. The SMILES string of the molecule is CCN(CC)C(=O)CNCCCn1c(-c2ccc(OC(F)(F)F)cc2)csc1=NCc1ccc(Cl)cc1. The third-order valence-corrected chi connectivity index (χ3v) is 6.77. The van der Waals surface area contributed by atoms with Crippen LogP contribution in [-0.2, 0) is 17.9 Å². The summed E-state index contributed by atoms with van der Waals surface area (Å²) in [5.41, 5.74) is 2.61. The molecule has 3 aromatic rings. The highest BCUT2D eigenvalue weighted by atomic mass is 35.5. The second-order valence-electron chi connectivity index (χ2n) is 8.17. The molecule has 200 valence electrons. The predicted molar refractivity (Wildman–Crippen MR) is 141 cm³/mol. The summed E-state index contributed by atoms with van der Waals surface area (Å²) in [6, 6.07) is 13.3. The van der Waals surface area contributed by atoms with Crippen LogP contribution in [-0.4, -0.2) is 47.9 Å². The smallest absolute Gasteiger partial charge is 0.406 e. The van der Waals surface area contributed by atoms with Gasteiger partial charge in [-0.05, 0) is 74.3 Å². The molecule has 1 aromatic heterocycles. The first-order valence-corrected chi connectivity index (χ1v) is 13.2. The van der Waals surface area contributed by atoms with E-state index in [4.69, 9.17) is 16.6 Å². The molecule has 11 heteroatoms. The predicted octanol–water partition coefficient (Wildman–Crippen LogP) is 5.72. The van der Waals surface area contributed by atoms with Crippen LogP contribution in [0.15, 0.2) is 58.9 Å². The summed E-state index contributed by atoms with van der Waals surface area (Å²) >= 11 is 7.44. The number of ether oxygens (including phenoxy) is 1. The topological polar surface area (TPSA) is 58.9 Å². The van der Waals surface area contributed by atoms with Gasteiger partial charge in [-0.1, -0.05) is 23.7 Å². The Balaban J connectivity index is 1.76. The first-order chi connectivity index (χ1) is 17.7. The number of rotatable bonds is 12. The molecule has 6 nitrogen and oxygen atoms in total. The number of hydrogen-bond donors (Lipinski definition) is 1. The number of aromatic nitrogens is 1. The van der Waals surface area contributed by atoms with Crippen molar-refractivity contribution in [1.29, 1.82) is 0 Å². The molecular weight excluding hydrogens is 525 g/mol. The molecule has 0 bridgehead atoms. The molecule has 1 N–H and O–H groups in total. The lowest BCUT2D eigenvalue weighted by atomic mass is 10.1. The maximum Gasteiger partial charge on any atom is 0.573 e. The summed E-state index contributed by atoms with van der Waals surface area (Å²) in [5, 5.41) is 5.80. The lowest BCUT2D eigenvalue weighted by Crippen LogP contribution is -2.38. The van der Waals surface area contributed by atoms with Crippen molar-refractivity contribution in [3.63, 3.8) is 0 Å². The van der Waals surface area contributed by atoms with Crippen LogP contribution in [0.3, 0.4) is 0 Å². The van der Waals surface area contributed by atoms with Crippen LogP contribution in [0.2, 0.25) is 5.02 Å². The standard InChI is InChI=1S/C26H30ClF3N4O2S/c1-3-33(4-2)24(35)17-31-14-5-15-34-23(20-8-12-22(13-9-20)36-26(28,29)30)18-37-25(34)32-16-19-6-10-21(27)11-7-19/h6-13,18,31H,3-5,14-17H2,1-2H3. The van der Waals surface area contributed by atoms with Crippen molar-refractivity contribution in [3.8, 4) is 17.0 Å². The zero-order chi connectivity index (χ0) is 26.8. The summed E-state index contributed by atoms with van der Waals surface area (Å²) in [7, 11) is 0. The van der Waals surface area contributed by atoms with Gasteiger partial charge in [0, 0.05) is 30.0 Å². The molecule has 0 aliphatic rings. The van der Waals surface area contributed by atoms with Crippen LogP contribution in [0.5, 0.6) is 5.75 Å². The Morgan fingerprint density at radius 1 is 1.11 bits per heavy atom. The number of alkyl halides is 3. The van der Waals surface area contributed by atoms with Crippen molar-refractivity contribution in [2.45, 2.75) is 39.7 Å². The molecule has 0 spiro atoms. The average molecular weight is 555 g/mol.